The van der Waals surface area contributed by atoms with E-state index in [0.717, 1.165) is 0 Å². The summed E-state index contributed by atoms with van der Waals surface area (Å²) in [5.41, 5.74) is 0.280. The van der Waals surface area contributed by atoms with Crippen molar-refractivity contribution < 1.29 is 21.6 Å². The molecule has 0 amide bonds. The van der Waals surface area contributed by atoms with E-state index < -0.39 is 20.0 Å². The van der Waals surface area contributed by atoms with Crippen LogP contribution in [0.5, 0.6) is 0 Å². The van der Waals surface area contributed by atoms with Crippen molar-refractivity contribution in [1.82, 2.24) is 9.29 Å². The van der Waals surface area contributed by atoms with Gasteiger partial charge in [0.05, 0.1) is 5.69 Å². The van der Waals surface area contributed by atoms with Gasteiger partial charge in [-0.1, -0.05) is 11.3 Å². The summed E-state index contributed by atoms with van der Waals surface area (Å²) < 4.78 is 53.1. The first kappa shape index (κ1) is 15.8. The van der Waals surface area contributed by atoms with Crippen molar-refractivity contribution in [2.75, 3.05) is 26.8 Å². The summed E-state index contributed by atoms with van der Waals surface area (Å²) in [5.74, 6) is 0. The molecule has 0 aliphatic carbocycles. The topological polar surface area (TPSA) is 120 Å². The lowest BCUT2D eigenvalue weighted by molar-refractivity contribution is 0.187. The molecular formula is C9H15N3O5S3. The summed E-state index contributed by atoms with van der Waals surface area (Å²) >= 11 is 0.607. The average Bonchev–Trinajstić information content (AvgIpc) is 2.77. The van der Waals surface area contributed by atoms with Gasteiger partial charge < -0.3 is 4.74 Å². The van der Waals surface area contributed by atoms with Crippen molar-refractivity contribution in [3.8, 4) is 0 Å². The monoisotopic (exact) mass is 341 g/mol. The Balaban J connectivity index is 2.31. The largest absolute Gasteiger partial charge is 0.385 e. The maximum Gasteiger partial charge on any atom is 0.265 e. The second kappa shape index (κ2) is 5.66. The lowest BCUT2D eigenvalue weighted by atomic mass is 10.3. The molecule has 1 aliphatic rings. The molecule has 0 fully saturated rings. The van der Waals surface area contributed by atoms with Crippen molar-refractivity contribution >= 4 is 31.4 Å². The molecule has 1 aromatic heterocycles. The molecule has 1 aromatic rings. The molecule has 1 aliphatic heterocycles. The van der Waals surface area contributed by atoms with Crippen molar-refractivity contribution in [3.63, 3.8) is 0 Å². The Bertz CT molecular complexity index is 694. The van der Waals surface area contributed by atoms with E-state index in [1.54, 1.807) is 7.11 Å². The maximum absolute atomic E-state index is 12.4. The van der Waals surface area contributed by atoms with E-state index >= 15 is 0 Å². The standard InChI is InChI=1S/C9H15N3O5S3/c1-17-6-2-4-12-5-3-7-8(20(12,15)16)18-9(11-7)19(10,13)14/h2-6H2,1H3,(H2,10,13,14). The fraction of sp³-hybridized carbons (Fsp3) is 0.667. The highest BCUT2D eigenvalue weighted by molar-refractivity contribution is 7.93. The lowest BCUT2D eigenvalue weighted by Gasteiger charge is -2.25. The second-order valence-electron chi connectivity index (χ2n) is 4.26. The van der Waals surface area contributed by atoms with Crippen LogP contribution in [-0.4, -0.2) is 52.9 Å². The molecule has 0 saturated carbocycles. The minimum Gasteiger partial charge on any atom is -0.385 e. The Kier molecular flexibility index (Phi) is 4.47. The van der Waals surface area contributed by atoms with Crippen molar-refractivity contribution in [1.29, 1.82) is 0 Å². The van der Waals surface area contributed by atoms with Gasteiger partial charge in [0.25, 0.3) is 20.0 Å². The van der Waals surface area contributed by atoms with Gasteiger partial charge in [-0.3, -0.25) is 0 Å². The third kappa shape index (κ3) is 3.02. The van der Waals surface area contributed by atoms with Gasteiger partial charge >= 0.3 is 0 Å². The molecular weight excluding hydrogens is 326 g/mol. The average molecular weight is 341 g/mol. The van der Waals surface area contributed by atoms with E-state index in [4.69, 9.17) is 9.88 Å². The highest BCUT2D eigenvalue weighted by Gasteiger charge is 2.36. The second-order valence-corrected chi connectivity index (χ2v) is 9.13. The van der Waals surface area contributed by atoms with E-state index in [0.29, 0.717) is 37.3 Å². The number of ether oxygens (including phenoxy) is 1. The Labute approximate surface area is 121 Å². The predicted octanol–water partition coefficient (Wildman–Crippen LogP) is -0.626. The predicted molar refractivity (Wildman–Crippen MR) is 72.4 cm³/mol. The van der Waals surface area contributed by atoms with Crippen molar-refractivity contribution in [2.24, 2.45) is 5.14 Å². The fourth-order valence-electron chi connectivity index (χ4n) is 1.88. The maximum atomic E-state index is 12.4. The third-order valence-electron chi connectivity index (χ3n) is 2.81. The quantitative estimate of drug-likeness (QED) is 0.712. The molecule has 20 heavy (non-hydrogen) atoms. The number of hydrogen-bond acceptors (Lipinski definition) is 7. The number of thiazole rings is 1. The highest BCUT2D eigenvalue weighted by Crippen LogP contribution is 2.32. The number of hydrogen-bond donors (Lipinski definition) is 1. The van der Waals surface area contributed by atoms with E-state index in [-0.39, 0.29) is 20.8 Å². The van der Waals surface area contributed by atoms with E-state index in [1.165, 1.54) is 4.31 Å². The molecule has 0 atom stereocenters. The Morgan fingerprint density at radius 3 is 2.80 bits per heavy atom. The normalized spacial score (nSPS) is 18.9. The highest BCUT2D eigenvalue weighted by atomic mass is 32.3. The zero-order chi connectivity index (χ0) is 15.0. The summed E-state index contributed by atoms with van der Waals surface area (Å²) in [4.78, 5) is 3.82. The molecule has 0 spiro atoms. The Morgan fingerprint density at radius 2 is 2.20 bits per heavy atom. The van der Waals surface area contributed by atoms with E-state index in [2.05, 4.69) is 4.98 Å². The van der Waals surface area contributed by atoms with Crippen molar-refractivity contribution in [3.05, 3.63) is 5.69 Å². The summed E-state index contributed by atoms with van der Waals surface area (Å²) in [6.45, 7) is 1.08. The van der Waals surface area contributed by atoms with Gasteiger partial charge in [0.2, 0.25) is 4.34 Å². The molecule has 2 N–H and O–H groups in total. The summed E-state index contributed by atoms with van der Waals surface area (Å²) in [7, 11) is -6.12. The smallest absolute Gasteiger partial charge is 0.265 e. The zero-order valence-corrected chi connectivity index (χ0v) is 13.2. The minimum atomic E-state index is -3.98. The van der Waals surface area contributed by atoms with Gasteiger partial charge in [-0.25, -0.2) is 27.0 Å². The Hall–Kier alpha value is -0.590. The molecule has 0 aromatic carbocycles. The van der Waals surface area contributed by atoms with Crippen LogP contribution in [0, 0.1) is 0 Å². The first-order valence-corrected chi connectivity index (χ1v) is 9.58. The van der Waals surface area contributed by atoms with E-state index in [9.17, 15) is 16.8 Å². The summed E-state index contributed by atoms with van der Waals surface area (Å²) in [6, 6.07) is 0. The van der Waals surface area contributed by atoms with Crippen LogP contribution in [0.15, 0.2) is 8.55 Å². The fourth-order valence-corrected chi connectivity index (χ4v) is 5.93. The van der Waals surface area contributed by atoms with Crippen LogP contribution in [-0.2, 0) is 31.2 Å². The van der Waals surface area contributed by atoms with Crippen LogP contribution >= 0.6 is 11.3 Å². The zero-order valence-electron chi connectivity index (χ0n) is 10.8. The van der Waals surface area contributed by atoms with Gasteiger partial charge in [0, 0.05) is 33.2 Å². The summed E-state index contributed by atoms with van der Waals surface area (Å²) in [6.07, 6.45) is 0.958. The first-order valence-electron chi connectivity index (χ1n) is 5.78. The van der Waals surface area contributed by atoms with Crippen LogP contribution in [0.3, 0.4) is 0 Å². The number of rotatable bonds is 5. The van der Waals surface area contributed by atoms with E-state index in [1.807, 2.05) is 0 Å². The van der Waals surface area contributed by atoms with Crippen molar-refractivity contribution in [2.45, 2.75) is 21.4 Å². The number of sulfonamides is 2. The molecule has 11 heteroatoms. The molecule has 0 saturated heterocycles. The van der Waals surface area contributed by atoms with Gasteiger partial charge in [-0.2, -0.15) is 4.31 Å². The number of fused-ring (bicyclic) bond motifs is 1. The molecule has 0 unspecified atom stereocenters. The Morgan fingerprint density at radius 1 is 1.50 bits per heavy atom. The van der Waals surface area contributed by atoms with Gasteiger partial charge in [-0.15, -0.1) is 0 Å². The SMILES string of the molecule is COCCCN1CCc2nc(S(N)(=O)=O)sc2S1(=O)=O. The van der Waals surface area contributed by atoms with Crippen LogP contribution < -0.4 is 5.14 Å². The van der Waals surface area contributed by atoms with Gasteiger partial charge in [0.15, 0.2) is 4.21 Å². The molecule has 114 valence electrons. The number of nitrogens with two attached hydrogens (primary N) is 1. The molecule has 8 nitrogen and oxygen atoms in total. The van der Waals surface area contributed by atoms with Crippen LogP contribution in [0.1, 0.15) is 12.1 Å². The molecule has 0 bridgehead atoms. The number of primary sulfonamides is 1. The number of aromatic nitrogens is 1. The van der Waals surface area contributed by atoms with Crippen LogP contribution in [0.4, 0.5) is 0 Å². The number of methoxy groups -OCH3 is 1. The number of nitrogens with zero attached hydrogens (tertiary/aromatic N) is 2. The molecule has 2 rings (SSSR count). The third-order valence-corrected chi connectivity index (χ3v) is 7.66. The summed E-state index contributed by atoms with van der Waals surface area (Å²) in [5, 5.41) is 4.99. The minimum absolute atomic E-state index is 0.0230. The van der Waals surface area contributed by atoms with Crippen LogP contribution in [0.25, 0.3) is 0 Å². The van der Waals surface area contributed by atoms with Crippen LogP contribution in [0.2, 0.25) is 0 Å². The molecule has 2 heterocycles. The molecule has 0 radical (unpaired) electrons. The van der Waals surface area contributed by atoms with Gasteiger partial charge in [0.1, 0.15) is 0 Å². The lowest BCUT2D eigenvalue weighted by Crippen LogP contribution is -2.37. The first-order chi connectivity index (χ1) is 9.26. The van der Waals surface area contributed by atoms with Gasteiger partial charge in [-0.05, 0) is 6.42 Å².